The lowest BCUT2D eigenvalue weighted by atomic mass is 10.1. The van der Waals surface area contributed by atoms with Crippen molar-refractivity contribution >= 4 is 6.29 Å². The zero-order chi connectivity index (χ0) is 7.28. The molecule has 0 heterocycles. The highest BCUT2D eigenvalue weighted by Gasteiger charge is 1.98. The smallest absolute Gasteiger partial charge is 0.123 e. The topological polar surface area (TPSA) is 43.1 Å². The van der Waals surface area contributed by atoms with Crippen molar-refractivity contribution in [1.29, 1.82) is 0 Å². The Hall–Kier alpha value is -0.790. The van der Waals surface area contributed by atoms with Gasteiger partial charge in [0.2, 0.25) is 0 Å². The van der Waals surface area contributed by atoms with Gasteiger partial charge in [0, 0.05) is 11.6 Å². The summed E-state index contributed by atoms with van der Waals surface area (Å²) in [5.74, 6) is 0.0567. The first kappa shape index (κ1) is 8.21. The van der Waals surface area contributed by atoms with E-state index < -0.39 is 0 Å². The molecule has 2 nitrogen and oxygen atoms in total. The molecular formula is C7H13NO. The van der Waals surface area contributed by atoms with Crippen LogP contribution >= 0.6 is 0 Å². The highest BCUT2D eigenvalue weighted by Crippen LogP contribution is 2.02. The number of aldehydes is 1. The van der Waals surface area contributed by atoms with E-state index in [0.717, 1.165) is 12.0 Å². The van der Waals surface area contributed by atoms with E-state index in [1.807, 2.05) is 19.9 Å². The fraction of sp³-hybridized carbons (Fsp3) is 0.571. The first-order valence-electron chi connectivity index (χ1n) is 3.06. The summed E-state index contributed by atoms with van der Waals surface area (Å²) in [4.78, 5) is 10.1. The molecule has 1 atom stereocenters. The van der Waals surface area contributed by atoms with Crippen LogP contribution in [0.1, 0.15) is 20.3 Å². The van der Waals surface area contributed by atoms with Gasteiger partial charge in [0.05, 0.1) is 0 Å². The molecule has 2 N–H and O–H groups in total. The molecule has 0 saturated heterocycles. The minimum Gasteiger partial charge on any atom is -0.402 e. The zero-order valence-corrected chi connectivity index (χ0v) is 5.92. The van der Waals surface area contributed by atoms with Gasteiger partial charge >= 0.3 is 0 Å². The zero-order valence-electron chi connectivity index (χ0n) is 5.92. The number of hydrogen-bond acceptors (Lipinski definition) is 2. The molecule has 0 spiro atoms. The highest BCUT2D eigenvalue weighted by atomic mass is 16.1. The second kappa shape index (κ2) is 4.13. The van der Waals surface area contributed by atoms with Crippen LogP contribution < -0.4 is 5.73 Å². The quantitative estimate of drug-likeness (QED) is 0.576. The van der Waals surface area contributed by atoms with E-state index in [1.165, 1.54) is 0 Å². The fourth-order valence-electron chi connectivity index (χ4n) is 0.538. The van der Waals surface area contributed by atoms with Crippen molar-refractivity contribution in [2.24, 2.45) is 11.7 Å². The van der Waals surface area contributed by atoms with E-state index >= 15 is 0 Å². The van der Waals surface area contributed by atoms with Crippen molar-refractivity contribution < 1.29 is 4.79 Å². The third kappa shape index (κ3) is 3.76. The average Bonchev–Trinajstić information content (AvgIpc) is 1.87. The standard InChI is InChI=1S/C7H13NO/c1-3-7(8)4-6(2)5-9/h3,5-6H,4,8H2,1-2H3/b7-3+. The molecule has 0 bridgehead atoms. The largest absolute Gasteiger partial charge is 0.402 e. The van der Waals surface area contributed by atoms with Crippen LogP contribution in [0.15, 0.2) is 11.8 Å². The molecule has 0 fully saturated rings. The van der Waals surface area contributed by atoms with Gasteiger partial charge in [-0.2, -0.15) is 0 Å². The second-order valence-electron chi connectivity index (χ2n) is 2.18. The lowest BCUT2D eigenvalue weighted by Gasteiger charge is -2.00. The van der Waals surface area contributed by atoms with Gasteiger partial charge in [-0.1, -0.05) is 13.0 Å². The molecular weight excluding hydrogens is 114 g/mol. The Bertz CT molecular complexity index is 118. The summed E-state index contributed by atoms with van der Waals surface area (Å²) in [5.41, 5.74) is 6.24. The van der Waals surface area contributed by atoms with Gasteiger partial charge in [-0.05, 0) is 13.3 Å². The molecule has 0 aliphatic rings. The van der Waals surface area contributed by atoms with Crippen LogP contribution in [0, 0.1) is 5.92 Å². The normalized spacial score (nSPS) is 15.1. The summed E-state index contributed by atoms with van der Waals surface area (Å²) >= 11 is 0. The summed E-state index contributed by atoms with van der Waals surface area (Å²) in [6.45, 7) is 3.72. The third-order valence-electron chi connectivity index (χ3n) is 1.16. The number of carbonyl (C=O) groups is 1. The highest BCUT2D eigenvalue weighted by molar-refractivity contribution is 5.53. The van der Waals surface area contributed by atoms with Gasteiger partial charge in [-0.25, -0.2) is 0 Å². The lowest BCUT2D eigenvalue weighted by Crippen LogP contribution is -2.04. The van der Waals surface area contributed by atoms with Crippen molar-refractivity contribution in [3.8, 4) is 0 Å². The summed E-state index contributed by atoms with van der Waals surface area (Å²) in [7, 11) is 0. The first-order chi connectivity index (χ1) is 4.20. The Labute approximate surface area is 55.7 Å². The molecule has 0 aliphatic heterocycles. The van der Waals surface area contributed by atoms with Crippen molar-refractivity contribution in [1.82, 2.24) is 0 Å². The Morgan fingerprint density at radius 2 is 2.33 bits per heavy atom. The molecule has 0 saturated carbocycles. The SMILES string of the molecule is C/C=C(/N)CC(C)C=O. The van der Waals surface area contributed by atoms with Crippen LogP contribution in [0.2, 0.25) is 0 Å². The van der Waals surface area contributed by atoms with Gasteiger partial charge in [0.15, 0.2) is 0 Å². The van der Waals surface area contributed by atoms with Crippen LogP contribution in [0.5, 0.6) is 0 Å². The van der Waals surface area contributed by atoms with E-state index in [4.69, 9.17) is 5.73 Å². The molecule has 52 valence electrons. The number of allylic oxidation sites excluding steroid dienone is 2. The molecule has 0 aromatic rings. The molecule has 0 rings (SSSR count). The maximum atomic E-state index is 10.1. The summed E-state index contributed by atoms with van der Waals surface area (Å²) in [6, 6.07) is 0. The number of hydrogen-bond donors (Lipinski definition) is 1. The lowest BCUT2D eigenvalue weighted by molar-refractivity contribution is -0.110. The van der Waals surface area contributed by atoms with Gasteiger partial charge in [0.1, 0.15) is 6.29 Å². The first-order valence-corrected chi connectivity index (χ1v) is 3.06. The Morgan fingerprint density at radius 1 is 1.78 bits per heavy atom. The number of rotatable bonds is 3. The van der Waals surface area contributed by atoms with Crippen LogP contribution in [0.3, 0.4) is 0 Å². The predicted molar refractivity (Wildman–Crippen MR) is 37.8 cm³/mol. The van der Waals surface area contributed by atoms with Crippen molar-refractivity contribution in [3.63, 3.8) is 0 Å². The second-order valence-corrected chi connectivity index (χ2v) is 2.18. The molecule has 1 unspecified atom stereocenters. The van der Waals surface area contributed by atoms with Crippen LogP contribution in [-0.4, -0.2) is 6.29 Å². The Morgan fingerprint density at radius 3 is 2.67 bits per heavy atom. The van der Waals surface area contributed by atoms with Gasteiger partial charge in [-0.3, -0.25) is 0 Å². The monoisotopic (exact) mass is 127 g/mol. The minimum atomic E-state index is 0.0567. The van der Waals surface area contributed by atoms with E-state index in [9.17, 15) is 4.79 Å². The van der Waals surface area contributed by atoms with E-state index in [2.05, 4.69) is 0 Å². The van der Waals surface area contributed by atoms with Crippen molar-refractivity contribution in [2.75, 3.05) is 0 Å². The van der Waals surface area contributed by atoms with Crippen LogP contribution in [-0.2, 0) is 4.79 Å². The fourth-order valence-corrected chi connectivity index (χ4v) is 0.538. The molecule has 9 heavy (non-hydrogen) atoms. The minimum absolute atomic E-state index is 0.0567. The summed E-state index contributed by atoms with van der Waals surface area (Å²) < 4.78 is 0. The predicted octanol–water partition coefficient (Wildman–Crippen LogP) is 1.07. The summed E-state index contributed by atoms with van der Waals surface area (Å²) in [6.07, 6.45) is 3.41. The van der Waals surface area contributed by atoms with E-state index in [1.54, 1.807) is 0 Å². The van der Waals surface area contributed by atoms with Crippen LogP contribution in [0.4, 0.5) is 0 Å². The van der Waals surface area contributed by atoms with E-state index in [-0.39, 0.29) is 5.92 Å². The van der Waals surface area contributed by atoms with Crippen molar-refractivity contribution in [3.05, 3.63) is 11.8 Å². The number of nitrogens with two attached hydrogens (primary N) is 1. The van der Waals surface area contributed by atoms with Gasteiger partial charge in [0.25, 0.3) is 0 Å². The maximum Gasteiger partial charge on any atom is 0.123 e. The average molecular weight is 127 g/mol. The van der Waals surface area contributed by atoms with Gasteiger partial charge in [-0.15, -0.1) is 0 Å². The summed E-state index contributed by atoms with van der Waals surface area (Å²) in [5, 5.41) is 0. The Balaban J connectivity index is 3.59. The molecule has 0 aliphatic carbocycles. The van der Waals surface area contributed by atoms with E-state index in [0.29, 0.717) is 6.42 Å². The Kier molecular flexibility index (Phi) is 3.76. The number of carbonyl (C=O) groups excluding carboxylic acids is 1. The van der Waals surface area contributed by atoms with Crippen LogP contribution in [0.25, 0.3) is 0 Å². The van der Waals surface area contributed by atoms with Crippen molar-refractivity contribution in [2.45, 2.75) is 20.3 Å². The molecule has 0 aromatic carbocycles. The maximum absolute atomic E-state index is 10.1. The molecule has 0 radical (unpaired) electrons. The third-order valence-corrected chi connectivity index (χ3v) is 1.16. The molecule has 2 heteroatoms. The molecule has 0 amide bonds. The molecule has 0 aromatic heterocycles. The van der Waals surface area contributed by atoms with Gasteiger partial charge < -0.3 is 10.5 Å².